The molecule has 0 saturated heterocycles. The fourth-order valence-corrected chi connectivity index (χ4v) is 12.3. The van der Waals surface area contributed by atoms with Gasteiger partial charge in [-0.3, -0.25) is 4.79 Å². The highest BCUT2D eigenvalue weighted by atomic mass is 32.3. The van der Waals surface area contributed by atoms with Crippen LogP contribution in [-0.2, 0) is 31.2 Å². The van der Waals surface area contributed by atoms with Gasteiger partial charge in [-0.25, -0.2) is 8.42 Å². The Kier molecular flexibility index (Phi) is 6.29. The second-order valence-electron chi connectivity index (χ2n) is 12.6. The van der Waals surface area contributed by atoms with E-state index >= 15 is 0 Å². The topological polar surface area (TPSA) is 74.3 Å². The highest BCUT2D eigenvalue weighted by Crippen LogP contribution is 2.71. The molecule has 2 aliphatic rings. The van der Waals surface area contributed by atoms with E-state index in [-0.39, 0.29) is 5.41 Å². The van der Waals surface area contributed by atoms with Crippen LogP contribution in [0.1, 0.15) is 59.9 Å². The maximum Gasteiger partial charge on any atom is 0.286 e. The first kappa shape index (κ1) is 27.2. The molecule has 0 N–H and O–H groups in total. The van der Waals surface area contributed by atoms with Crippen LogP contribution in [0.15, 0.2) is 88.7 Å². The van der Waals surface area contributed by atoms with E-state index in [0.717, 1.165) is 11.1 Å². The Bertz CT molecular complexity index is 1470. The summed E-state index contributed by atoms with van der Waals surface area (Å²) in [5, 5.41) is 0. The summed E-state index contributed by atoms with van der Waals surface area (Å²) in [6, 6.07) is 25.5. The lowest BCUT2D eigenvalue weighted by Gasteiger charge is -2.38. The van der Waals surface area contributed by atoms with Crippen LogP contribution in [0.5, 0.6) is 0 Å². The van der Waals surface area contributed by atoms with Crippen molar-refractivity contribution in [3.05, 3.63) is 84.4 Å². The van der Waals surface area contributed by atoms with Crippen LogP contribution in [0.3, 0.4) is 0 Å². The Labute approximate surface area is 230 Å². The van der Waals surface area contributed by atoms with Crippen LogP contribution in [0.2, 0.25) is 0 Å². The van der Waals surface area contributed by atoms with Crippen molar-refractivity contribution in [2.75, 3.05) is 0 Å². The zero-order valence-corrected chi connectivity index (χ0v) is 24.6. The highest BCUT2D eigenvalue weighted by molar-refractivity contribution is 8.12. The van der Waals surface area contributed by atoms with E-state index in [0.29, 0.717) is 22.6 Å². The van der Waals surface area contributed by atoms with Gasteiger partial charge in [-0.15, -0.1) is 0 Å². The zero-order chi connectivity index (χ0) is 27.7. The molecule has 2 bridgehead atoms. The van der Waals surface area contributed by atoms with Crippen molar-refractivity contribution in [1.82, 2.24) is 0 Å². The van der Waals surface area contributed by atoms with Crippen LogP contribution in [-0.4, -0.2) is 22.8 Å². The largest absolute Gasteiger partial charge is 0.743 e. The third kappa shape index (κ3) is 3.75. The number of carbonyl (C=O) groups excluding carboxylic acids is 1. The molecule has 0 spiro atoms. The Morgan fingerprint density at radius 3 is 1.76 bits per heavy atom. The molecule has 4 nitrogen and oxygen atoms in total. The van der Waals surface area contributed by atoms with Gasteiger partial charge in [-0.1, -0.05) is 84.0 Å². The molecular weight excluding hydrogens is 512 g/mol. The average molecular weight is 549 g/mol. The van der Waals surface area contributed by atoms with Crippen molar-refractivity contribution in [2.45, 2.75) is 73.7 Å². The molecule has 5 rings (SSSR count). The molecule has 0 aliphatic heterocycles. The molecule has 38 heavy (non-hydrogen) atoms. The summed E-state index contributed by atoms with van der Waals surface area (Å²) in [5.74, 6) is -0.960. The van der Waals surface area contributed by atoms with E-state index in [1.54, 1.807) is 0 Å². The summed E-state index contributed by atoms with van der Waals surface area (Å²) < 4.78 is 38.2. The van der Waals surface area contributed by atoms with Crippen LogP contribution < -0.4 is 0 Å². The minimum Gasteiger partial charge on any atom is -0.743 e. The zero-order valence-electron chi connectivity index (χ0n) is 22.9. The molecule has 2 saturated carbocycles. The Balaban J connectivity index is 1.67. The summed E-state index contributed by atoms with van der Waals surface area (Å²) >= 11 is 0. The summed E-state index contributed by atoms with van der Waals surface area (Å²) in [6.07, 6.45) is 1.15. The normalized spacial score (nSPS) is 27.4. The van der Waals surface area contributed by atoms with E-state index in [2.05, 4.69) is 45.0 Å². The van der Waals surface area contributed by atoms with Crippen molar-refractivity contribution in [3.8, 4) is 11.1 Å². The predicted molar refractivity (Wildman–Crippen MR) is 153 cm³/mol. The van der Waals surface area contributed by atoms with Gasteiger partial charge < -0.3 is 4.55 Å². The summed E-state index contributed by atoms with van der Waals surface area (Å²) in [7, 11) is -6.30. The van der Waals surface area contributed by atoms with Gasteiger partial charge in [0.25, 0.3) is 4.08 Å². The first-order chi connectivity index (χ1) is 17.7. The van der Waals surface area contributed by atoms with Gasteiger partial charge in [-0.2, -0.15) is 0 Å². The molecule has 0 radical (unpaired) electrons. The molecule has 3 aromatic rings. The SMILES string of the molecule is CC(C)(C)c1ccc(-c2ccc([S+](c3ccccc3)C3(S(=O)(=O)[O-])C(=O)C4(C)CCC3C4(C)C)cc2)cc1. The fourth-order valence-electron chi connectivity index (χ4n) is 6.73. The molecule has 2 aliphatic carbocycles. The summed E-state index contributed by atoms with van der Waals surface area (Å²) in [4.78, 5) is 15.7. The minimum absolute atomic E-state index is 0.0577. The van der Waals surface area contributed by atoms with E-state index in [4.69, 9.17) is 0 Å². The maximum absolute atomic E-state index is 14.3. The molecule has 4 unspecified atom stereocenters. The number of Topliss-reactive ketones (excluding diaryl/α,β-unsaturated/α-hetero) is 1. The molecular formula is C32H36O4S2. The first-order valence-corrected chi connectivity index (χ1v) is 15.8. The van der Waals surface area contributed by atoms with E-state index < -0.39 is 47.6 Å². The van der Waals surface area contributed by atoms with Crippen LogP contribution >= 0.6 is 0 Å². The van der Waals surface area contributed by atoms with Gasteiger partial charge >= 0.3 is 0 Å². The van der Waals surface area contributed by atoms with Crippen molar-refractivity contribution in [3.63, 3.8) is 0 Å². The van der Waals surface area contributed by atoms with Gasteiger partial charge in [0.15, 0.2) is 19.9 Å². The number of fused-ring (bicyclic) bond motifs is 2. The second kappa shape index (κ2) is 8.80. The Hall–Kier alpha value is -2.41. The van der Waals surface area contributed by atoms with Gasteiger partial charge in [0, 0.05) is 11.3 Å². The smallest absolute Gasteiger partial charge is 0.286 e. The summed E-state index contributed by atoms with van der Waals surface area (Å²) in [6.45, 7) is 12.3. The lowest BCUT2D eigenvalue weighted by molar-refractivity contribution is -0.128. The van der Waals surface area contributed by atoms with Crippen molar-refractivity contribution in [1.29, 1.82) is 0 Å². The molecule has 3 aromatic carbocycles. The second-order valence-corrected chi connectivity index (χ2v) is 16.6. The third-order valence-electron chi connectivity index (χ3n) is 9.33. The molecule has 0 aromatic heterocycles. The lowest BCUT2D eigenvalue weighted by Crippen LogP contribution is -2.58. The van der Waals surface area contributed by atoms with Crippen molar-refractivity contribution in [2.24, 2.45) is 16.7 Å². The number of hydrogen-bond acceptors (Lipinski definition) is 4. The number of carbonyl (C=O) groups is 1. The average Bonchev–Trinajstić information content (AvgIpc) is 3.17. The highest BCUT2D eigenvalue weighted by Gasteiger charge is 2.83. The van der Waals surface area contributed by atoms with Gasteiger partial charge in [0.1, 0.15) is 0 Å². The number of hydrogen-bond donors (Lipinski definition) is 0. The van der Waals surface area contributed by atoms with Gasteiger partial charge in [0.2, 0.25) is 5.78 Å². The molecule has 6 heteroatoms. The number of ketones is 1. The van der Waals surface area contributed by atoms with Crippen LogP contribution in [0, 0.1) is 16.7 Å². The van der Waals surface area contributed by atoms with E-state index in [9.17, 15) is 17.8 Å². The molecule has 0 heterocycles. The fraction of sp³-hybridized carbons (Fsp3) is 0.406. The van der Waals surface area contributed by atoms with E-state index in [1.165, 1.54) is 5.56 Å². The number of benzene rings is 3. The number of rotatable bonds is 5. The van der Waals surface area contributed by atoms with Crippen molar-refractivity contribution < 1.29 is 17.8 Å². The quantitative estimate of drug-likeness (QED) is 0.255. The predicted octanol–water partition coefficient (Wildman–Crippen LogP) is 6.95. The third-order valence-corrected chi connectivity index (χ3v) is 14.2. The Morgan fingerprint density at radius 1 is 0.816 bits per heavy atom. The maximum atomic E-state index is 14.3. The molecule has 4 atom stereocenters. The molecule has 200 valence electrons. The van der Waals surface area contributed by atoms with Gasteiger partial charge in [-0.05, 0) is 76.8 Å². The van der Waals surface area contributed by atoms with E-state index in [1.807, 2.05) is 75.4 Å². The van der Waals surface area contributed by atoms with Crippen LogP contribution in [0.25, 0.3) is 11.1 Å². The first-order valence-electron chi connectivity index (χ1n) is 13.2. The Morgan fingerprint density at radius 2 is 1.32 bits per heavy atom. The van der Waals surface area contributed by atoms with Gasteiger partial charge in [0.05, 0.1) is 10.9 Å². The summed E-state index contributed by atoms with van der Waals surface area (Å²) in [5.41, 5.74) is 1.90. The minimum atomic E-state index is -5.02. The molecule has 2 fully saturated rings. The molecule has 0 amide bonds. The lowest BCUT2D eigenvalue weighted by atomic mass is 9.70. The monoisotopic (exact) mass is 548 g/mol. The van der Waals surface area contributed by atoms with Crippen LogP contribution in [0.4, 0.5) is 0 Å². The standard InChI is InChI=1S/C32H36O4S2/c1-29(2,3)24-16-12-22(13-17-24)23-14-18-26(19-15-23)37(25-10-8-7-9-11-25)32(38(34,35)36)27-20-21-31(6,28(32)33)30(27,4)5/h7-19,27H,20-21H2,1-6H3. The van der Waals surface area contributed by atoms with Crippen molar-refractivity contribution >= 4 is 26.8 Å².